The minimum atomic E-state index is -2.57. The van der Waals surface area contributed by atoms with Crippen LogP contribution in [0.15, 0.2) is 16.8 Å². The molecule has 23 heavy (non-hydrogen) atoms. The maximum Gasteiger partial charge on any atom is 0.280 e. The van der Waals surface area contributed by atoms with Gasteiger partial charge in [0, 0.05) is 32.2 Å². The average molecular weight is 323 g/mol. The summed E-state index contributed by atoms with van der Waals surface area (Å²) in [6, 6.07) is 1.36. The molecule has 3 rings (SSSR count). The molecule has 8 heteroatoms. The summed E-state index contributed by atoms with van der Waals surface area (Å²) >= 11 is 0. The third-order valence-corrected chi connectivity index (χ3v) is 4.03. The van der Waals surface area contributed by atoms with Crippen molar-refractivity contribution in [2.75, 3.05) is 31.1 Å². The summed E-state index contributed by atoms with van der Waals surface area (Å²) in [5.41, 5.74) is 0.683. The van der Waals surface area contributed by atoms with Crippen LogP contribution in [0.5, 0.6) is 0 Å². The number of alkyl halides is 2. The fourth-order valence-corrected chi connectivity index (χ4v) is 2.59. The lowest BCUT2D eigenvalue weighted by molar-refractivity contribution is 0.146. The maximum atomic E-state index is 12.7. The Balaban J connectivity index is 1.59. The van der Waals surface area contributed by atoms with Gasteiger partial charge in [0.25, 0.3) is 6.43 Å². The summed E-state index contributed by atoms with van der Waals surface area (Å²) in [7, 11) is 0. The van der Waals surface area contributed by atoms with Crippen molar-refractivity contribution in [1.82, 2.24) is 19.9 Å². The Morgan fingerprint density at radius 1 is 1.17 bits per heavy atom. The fraction of sp³-hybridized carbons (Fsp3) is 0.533. The van der Waals surface area contributed by atoms with Crippen LogP contribution in [0.2, 0.25) is 0 Å². The van der Waals surface area contributed by atoms with E-state index in [0.717, 1.165) is 43.5 Å². The second-order valence-corrected chi connectivity index (χ2v) is 5.61. The molecule has 0 saturated carbocycles. The Hall–Kier alpha value is -2.09. The number of aromatic nitrogens is 3. The van der Waals surface area contributed by atoms with E-state index < -0.39 is 6.43 Å². The molecule has 2 aromatic heterocycles. The molecule has 0 spiro atoms. The first-order valence-electron chi connectivity index (χ1n) is 7.53. The number of aryl methyl sites for hydroxylation is 2. The Morgan fingerprint density at radius 2 is 1.91 bits per heavy atom. The molecule has 1 aliphatic rings. The number of hydrogen-bond acceptors (Lipinski definition) is 6. The number of hydrogen-bond donors (Lipinski definition) is 0. The van der Waals surface area contributed by atoms with Gasteiger partial charge < -0.3 is 9.32 Å². The van der Waals surface area contributed by atoms with E-state index in [0.29, 0.717) is 12.4 Å². The van der Waals surface area contributed by atoms with E-state index in [1.807, 2.05) is 18.7 Å². The van der Waals surface area contributed by atoms with Gasteiger partial charge in [-0.1, -0.05) is 0 Å². The molecule has 2 aromatic rings. The van der Waals surface area contributed by atoms with E-state index >= 15 is 0 Å². The molecule has 1 fully saturated rings. The van der Waals surface area contributed by atoms with Crippen LogP contribution in [0, 0.1) is 13.8 Å². The van der Waals surface area contributed by atoms with E-state index in [2.05, 4.69) is 19.9 Å². The molecular weight excluding hydrogens is 304 g/mol. The Bertz CT molecular complexity index is 648. The van der Waals surface area contributed by atoms with Crippen LogP contribution >= 0.6 is 0 Å². The van der Waals surface area contributed by atoms with E-state index in [9.17, 15) is 8.78 Å². The Morgan fingerprint density at radius 3 is 2.52 bits per heavy atom. The van der Waals surface area contributed by atoms with Crippen molar-refractivity contribution in [3.05, 3.63) is 35.4 Å². The third-order valence-electron chi connectivity index (χ3n) is 4.03. The van der Waals surface area contributed by atoms with Gasteiger partial charge in [0.05, 0.1) is 12.2 Å². The van der Waals surface area contributed by atoms with Crippen LogP contribution < -0.4 is 4.90 Å². The average Bonchev–Trinajstić information content (AvgIpc) is 2.86. The predicted octanol–water partition coefficient (Wildman–Crippen LogP) is 2.34. The number of anilines is 1. The van der Waals surface area contributed by atoms with Crippen molar-refractivity contribution in [2.24, 2.45) is 0 Å². The van der Waals surface area contributed by atoms with Crippen molar-refractivity contribution in [3.8, 4) is 0 Å². The molecular formula is C15H19F2N5O. The van der Waals surface area contributed by atoms with Crippen molar-refractivity contribution in [1.29, 1.82) is 0 Å². The van der Waals surface area contributed by atoms with Gasteiger partial charge in [-0.2, -0.15) is 0 Å². The van der Waals surface area contributed by atoms with Crippen LogP contribution in [0.25, 0.3) is 0 Å². The van der Waals surface area contributed by atoms with Crippen LogP contribution in [-0.2, 0) is 6.54 Å². The molecule has 0 bridgehead atoms. The number of nitrogens with zero attached hydrogens (tertiary/aromatic N) is 5. The van der Waals surface area contributed by atoms with Crippen molar-refractivity contribution in [2.45, 2.75) is 26.8 Å². The van der Waals surface area contributed by atoms with Gasteiger partial charge >= 0.3 is 0 Å². The monoisotopic (exact) mass is 323 g/mol. The molecule has 124 valence electrons. The molecule has 0 amide bonds. The number of piperazine rings is 1. The topological polar surface area (TPSA) is 58.3 Å². The Kier molecular flexibility index (Phi) is 4.51. The Labute approximate surface area is 133 Å². The van der Waals surface area contributed by atoms with Crippen LogP contribution in [-0.4, -0.2) is 46.0 Å². The first-order valence-corrected chi connectivity index (χ1v) is 7.53. The van der Waals surface area contributed by atoms with Gasteiger partial charge in [0.15, 0.2) is 0 Å². The molecule has 0 aliphatic carbocycles. The lowest BCUT2D eigenvalue weighted by Crippen LogP contribution is -2.46. The van der Waals surface area contributed by atoms with Gasteiger partial charge in [-0.15, -0.1) is 0 Å². The largest absolute Gasteiger partial charge is 0.444 e. The van der Waals surface area contributed by atoms with Crippen LogP contribution in [0.4, 0.5) is 14.6 Å². The highest BCUT2D eigenvalue weighted by Crippen LogP contribution is 2.21. The maximum absolute atomic E-state index is 12.7. The zero-order chi connectivity index (χ0) is 16.4. The summed E-state index contributed by atoms with van der Waals surface area (Å²) in [4.78, 5) is 16.3. The summed E-state index contributed by atoms with van der Waals surface area (Å²) in [6.45, 7) is 7.53. The van der Waals surface area contributed by atoms with Gasteiger partial charge in [-0.05, 0) is 13.8 Å². The number of oxazole rings is 1. The first-order chi connectivity index (χ1) is 11.0. The van der Waals surface area contributed by atoms with Crippen molar-refractivity contribution < 1.29 is 13.2 Å². The molecule has 0 unspecified atom stereocenters. The molecule has 1 saturated heterocycles. The van der Waals surface area contributed by atoms with Gasteiger partial charge in [-0.3, -0.25) is 4.90 Å². The first kappa shape index (κ1) is 15.8. The molecule has 0 radical (unpaired) electrons. The lowest BCUT2D eigenvalue weighted by atomic mass is 10.3. The lowest BCUT2D eigenvalue weighted by Gasteiger charge is -2.34. The summed E-state index contributed by atoms with van der Waals surface area (Å²) in [5.74, 6) is 2.12. The molecule has 3 heterocycles. The summed E-state index contributed by atoms with van der Waals surface area (Å²) in [5, 5.41) is 0. The van der Waals surface area contributed by atoms with E-state index in [-0.39, 0.29) is 5.69 Å². The number of rotatable bonds is 4. The van der Waals surface area contributed by atoms with Crippen LogP contribution in [0.3, 0.4) is 0 Å². The molecule has 0 atom stereocenters. The highest BCUT2D eigenvalue weighted by atomic mass is 19.3. The quantitative estimate of drug-likeness (QED) is 0.861. The second kappa shape index (κ2) is 6.57. The molecule has 6 nitrogen and oxygen atoms in total. The smallest absolute Gasteiger partial charge is 0.280 e. The number of halogens is 2. The molecule has 0 aromatic carbocycles. The third kappa shape index (κ3) is 3.64. The fourth-order valence-electron chi connectivity index (χ4n) is 2.59. The molecule has 0 N–H and O–H groups in total. The van der Waals surface area contributed by atoms with Gasteiger partial charge in [-0.25, -0.2) is 23.7 Å². The minimum Gasteiger partial charge on any atom is -0.444 e. The predicted molar refractivity (Wildman–Crippen MR) is 80.5 cm³/mol. The van der Waals surface area contributed by atoms with Gasteiger partial charge in [0.2, 0.25) is 5.89 Å². The van der Waals surface area contributed by atoms with Crippen molar-refractivity contribution in [3.63, 3.8) is 0 Å². The zero-order valence-corrected chi connectivity index (χ0v) is 13.2. The van der Waals surface area contributed by atoms with E-state index in [4.69, 9.17) is 4.42 Å². The van der Waals surface area contributed by atoms with Crippen molar-refractivity contribution >= 4 is 5.82 Å². The minimum absolute atomic E-state index is 0.233. The van der Waals surface area contributed by atoms with Gasteiger partial charge in [0.1, 0.15) is 23.6 Å². The van der Waals surface area contributed by atoms with Crippen LogP contribution in [0.1, 0.15) is 29.5 Å². The standard InChI is InChI=1S/C15H19F2N5O/c1-10-11(2)23-14(20-10)8-21-3-5-22(6-4-21)13-7-12(15(16)17)18-9-19-13/h7,9,15H,3-6,8H2,1-2H3. The summed E-state index contributed by atoms with van der Waals surface area (Å²) < 4.78 is 31.0. The highest BCUT2D eigenvalue weighted by Gasteiger charge is 2.21. The second-order valence-electron chi connectivity index (χ2n) is 5.61. The SMILES string of the molecule is Cc1nc(CN2CCN(c3cc(C(F)F)ncn3)CC2)oc1C. The normalized spacial score (nSPS) is 16.3. The summed E-state index contributed by atoms with van der Waals surface area (Å²) in [6.07, 6.45) is -1.38. The molecule has 1 aliphatic heterocycles. The van der Waals surface area contributed by atoms with E-state index in [1.54, 1.807) is 0 Å². The highest BCUT2D eigenvalue weighted by molar-refractivity contribution is 5.39. The van der Waals surface area contributed by atoms with E-state index in [1.165, 1.54) is 12.4 Å². The zero-order valence-electron chi connectivity index (χ0n) is 13.2.